The topological polar surface area (TPSA) is 38.3 Å². The molecule has 0 aliphatic heterocycles. The first-order chi connectivity index (χ1) is 7.54. The van der Waals surface area contributed by atoms with Crippen LogP contribution in [0.1, 0.15) is 31.0 Å². The van der Waals surface area contributed by atoms with E-state index in [9.17, 15) is 4.79 Å². The molecule has 0 amide bonds. The average Bonchev–Trinajstić information content (AvgIpc) is 2.28. The fraction of sp³-hybridized carbons (Fsp3) is 0.462. The lowest BCUT2D eigenvalue weighted by atomic mass is 10.1. The molecule has 1 unspecified atom stereocenters. The van der Waals surface area contributed by atoms with Crippen LogP contribution in [0.5, 0.6) is 0 Å². The van der Waals surface area contributed by atoms with Crippen molar-refractivity contribution in [2.45, 2.75) is 32.9 Å². The van der Waals surface area contributed by atoms with E-state index in [1.807, 2.05) is 6.92 Å². The molecule has 1 N–H and O–H groups in total. The summed E-state index contributed by atoms with van der Waals surface area (Å²) in [6.07, 6.45) is 0. The van der Waals surface area contributed by atoms with Crippen LogP contribution < -0.4 is 5.32 Å². The Morgan fingerprint density at radius 2 is 1.81 bits per heavy atom. The summed E-state index contributed by atoms with van der Waals surface area (Å²) >= 11 is 0. The highest BCUT2D eigenvalue weighted by molar-refractivity contribution is 5.75. The van der Waals surface area contributed by atoms with Crippen molar-refractivity contribution in [2.24, 2.45) is 0 Å². The Bertz CT molecular complexity index is 345. The van der Waals surface area contributed by atoms with Gasteiger partial charge in [-0.3, -0.25) is 10.1 Å². The van der Waals surface area contributed by atoms with Gasteiger partial charge in [0.15, 0.2) is 0 Å². The number of hydrogen-bond donors (Lipinski definition) is 1. The molecule has 0 aromatic heterocycles. The van der Waals surface area contributed by atoms with Gasteiger partial charge in [0.1, 0.15) is 6.04 Å². The van der Waals surface area contributed by atoms with Crippen LogP contribution in [0.15, 0.2) is 24.3 Å². The van der Waals surface area contributed by atoms with Crippen molar-refractivity contribution in [3.8, 4) is 0 Å². The Morgan fingerprint density at radius 3 is 2.31 bits per heavy atom. The molecule has 88 valence electrons. The molecule has 3 heteroatoms. The van der Waals surface area contributed by atoms with E-state index in [2.05, 4.69) is 41.2 Å². The third kappa shape index (κ3) is 3.35. The van der Waals surface area contributed by atoms with Gasteiger partial charge < -0.3 is 4.74 Å². The average molecular weight is 221 g/mol. The number of aryl methyl sites for hydroxylation is 1. The number of nitrogens with one attached hydrogen (secondary N) is 1. The summed E-state index contributed by atoms with van der Waals surface area (Å²) < 4.78 is 4.67. The van der Waals surface area contributed by atoms with Crippen LogP contribution >= 0.6 is 0 Å². The number of methoxy groups -OCH3 is 1. The number of hydrogen-bond acceptors (Lipinski definition) is 3. The molecular weight excluding hydrogens is 202 g/mol. The van der Waals surface area contributed by atoms with E-state index in [1.165, 1.54) is 18.2 Å². The van der Waals surface area contributed by atoms with E-state index in [0.29, 0.717) is 0 Å². The monoisotopic (exact) mass is 221 g/mol. The van der Waals surface area contributed by atoms with Gasteiger partial charge in [-0.2, -0.15) is 0 Å². The minimum absolute atomic E-state index is 0.134. The van der Waals surface area contributed by atoms with Gasteiger partial charge in [0.2, 0.25) is 0 Å². The molecule has 2 atom stereocenters. The van der Waals surface area contributed by atoms with Gasteiger partial charge in [0.05, 0.1) is 7.11 Å². The minimum atomic E-state index is -0.290. The van der Waals surface area contributed by atoms with E-state index in [0.717, 1.165) is 0 Å². The molecule has 0 aliphatic carbocycles. The standard InChI is InChI=1S/C13H19NO2/c1-9-5-7-12(8-6-9)10(2)14-11(3)13(15)16-4/h5-8,10-11,14H,1-4H3/t10-,11?/m0/s1. The maximum Gasteiger partial charge on any atom is 0.322 e. The van der Waals surface area contributed by atoms with Crippen molar-refractivity contribution in [2.75, 3.05) is 7.11 Å². The lowest BCUT2D eigenvalue weighted by Crippen LogP contribution is -2.36. The van der Waals surface area contributed by atoms with Crippen LogP contribution in [-0.2, 0) is 9.53 Å². The van der Waals surface area contributed by atoms with Crippen molar-refractivity contribution in [3.63, 3.8) is 0 Å². The number of rotatable bonds is 4. The van der Waals surface area contributed by atoms with E-state index in [1.54, 1.807) is 6.92 Å². The van der Waals surface area contributed by atoms with Gasteiger partial charge in [-0.1, -0.05) is 29.8 Å². The zero-order chi connectivity index (χ0) is 12.1. The molecule has 1 aromatic carbocycles. The molecule has 0 fully saturated rings. The Kier molecular flexibility index (Phi) is 4.50. The number of ether oxygens (including phenoxy) is 1. The molecule has 0 aliphatic rings. The highest BCUT2D eigenvalue weighted by Gasteiger charge is 2.16. The molecule has 16 heavy (non-hydrogen) atoms. The summed E-state index contributed by atoms with van der Waals surface area (Å²) in [7, 11) is 1.40. The van der Waals surface area contributed by atoms with E-state index < -0.39 is 0 Å². The van der Waals surface area contributed by atoms with Crippen LogP contribution in [-0.4, -0.2) is 19.1 Å². The minimum Gasteiger partial charge on any atom is -0.468 e. The summed E-state index contributed by atoms with van der Waals surface area (Å²) in [6.45, 7) is 5.89. The normalized spacial score (nSPS) is 14.2. The van der Waals surface area contributed by atoms with Gasteiger partial charge in [0, 0.05) is 6.04 Å². The van der Waals surface area contributed by atoms with Gasteiger partial charge in [-0.15, -0.1) is 0 Å². The second-order valence-corrected chi connectivity index (χ2v) is 4.04. The highest BCUT2D eigenvalue weighted by atomic mass is 16.5. The summed E-state index contributed by atoms with van der Waals surface area (Å²) in [4.78, 5) is 11.2. The van der Waals surface area contributed by atoms with Crippen molar-refractivity contribution in [1.82, 2.24) is 5.32 Å². The number of carbonyl (C=O) groups excluding carboxylic acids is 1. The van der Waals surface area contributed by atoms with Crippen molar-refractivity contribution in [1.29, 1.82) is 0 Å². The molecule has 3 nitrogen and oxygen atoms in total. The largest absolute Gasteiger partial charge is 0.468 e. The number of carbonyl (C=O) groups is 1. The smallest absolute Gasteiger partial charge is 0.322 e. The van der Waals surface area contributed by atoms with E-state index in [4.69, 9.17) is 0 Å². The maximum atomic E-state index is 11.2. The first kappa shape index (κ1) is 12.7. The first-order valence-corrected chi connectivity index (χ1v) is 5.45. The van der Waals surface area contributed by atoms with Gasteiger partial charge in [-0.05, 0) is 26.3 Å². The summed E-state index contributed by atoms with van der Waals surface area (Å²) in [5.74, 6) is -0.237. The summed E-state index contributed by atoms with van der Waals surface area (Å²) in [6, 6.07) is 8.11. The predicted octanol–water partition coefficient (Wildman–Crippen LogP) is 2.21. The number of esters is 1. The quantitative estimate of drug-likeness (QED) is 0.792. The molecular formula is C13H19NO2. The zero-order valence-electron chi connectivity index (χ0n) is 10.3. The van der Waals surface area contributed by atoms with Crippen molar-refractivity contribution in [3.05, 3.63) is 35.4 Å². The van der Waals surface area contributed by atoms with Crippen LogP contribution in [0.2, 0.25) is 0 Å². The van der Waals surface area contributed by atoms with Gasteiger partial charge >= 0.3 is 5.97 Å². The Balaban J connectivity index is 2.61. The van der Waals surface area contributed by atoms with E-state index in [-0.39, 0.29) is 18.1 Å². The zero-order valence-corrected chi connectivity index (χ0v) is 10.3. The SMILES string of the molecule is COC(=O)C(C)N[C@@H](C)c1ccc(C)cc1. The second-order valence-electron chi connectivity index (χ2n) is 4.04. The van der Waals surface area contributed by atoms with Crippen molar-refractivity contribution < 1.29 is 9.53 Å². The van der Waals surface area contributed by atoms with Crippen LogP contribution in [0.3, 0.4) is 0 Å². The molecule has 0 bridgehead atoms. The maximum absolute atomic E-state index is 11.2. The molecule has 0 spiro atoms. The second kappa shape index (κ2) is 5.66. The molecule has 1 rings (SSSR count). The third-order valence-corrected chi connectivity index (χ3v) is 2.63. The summed E-state index contributed by atoms with van der Waals surface area (Å²) in [5.41, 5.74) is 2.40. The van der Waals surface area contributed by atoms with Gasteiger partial charge in [-0.25, -0.2) is 0 Å². The lowest BCUT2D eigenvalue weighted by Gasteiger charge is -2.18. The van der Waals surface area contributed by atoms with Crippen molar-refractivity contribution >= 4 is 5.97 Å². The molecule has 0 radical (unpaired) electrons. The fourth-order valence-corrected chi connectivity index (χ4v) is 1.57. The Morgan fingerprint density at radius 1 is 1.25 bits per heavy atom. The Hall–Kier alpha value is -1.35. The fourth-order valence-electron chi connectivity index (χ4n) is 1.57. The molecule has 0 saturated heterocycles. The van der Waals surface area contributed by atoms with Crippen LogP contribution in [0.25, 0.3) is 0 Å². The molecule has 0 heterocycles. The summed E-state index contributed by atoms with van der Waals surface area (Å²) in [5, 5.41) is 3.19. The van der Waals surface area contributed by atoms with Crippen LogP contribution in [0.4, 0.5) is 0 Å². The molecule has 1 aromatic rings. The first-order valence-electron chi connectivity index (χ1n) is 5.45. The van der Waals surface area contributed by atoms with Gasteiger partial charge in [0.25, 0.3) is 0 Å². The van der Waals surface area contributed by atoms with Crippen LogP contribution in [0, 0.1) is 6.92 Å². The third-order valence-electron chi connectivity index (χ3n) is 2.63. The predicted molar refractivity (Wildman–Crippen MR) is 64.2 cm³/mol. The molecule has 0 saturated carbocycles. The van der Waals surface area contributed by atoms with E-state index >= 15 is 0 Å². The Labute approximate surface area is 96.8 Å². The number of benzene rings is 1. The lowest BCUT2D eigenvalue weighted by molar-refractivity contribution is -0.142. The highest BCUT2D eigenvalue weighted by Crippen LogP contribution is 2.13.